The molecule has 0 saturated carbocycles. The molecule has 0 N–H and O–H groups in total. The first-order chi connectivity index (χ1) is 13.7. The molecule has 0 atom stereocenters. The topological polar surface area (TPSA) is 30.7 Å². The second-order valence-corrected chi connectivity index (χ2v) is 6.22. The third-order valence-corrected chi connectivity index (χ3v) is 4.19. The molecule has 4 aromatic rings. The maximum Gasteiger partial charge on any atom is 0.168 e. The van der Waals surface area contributed by atoms with Crippen molar-refractivity contribution in [3.63, 3.8) is 0 Å². The van der Waals surface area contributed by atoms with Gasteiger partial charge in [-0.15, -0.1) is 10.2 Å². The average Bonchev–Trinajstić information content (AvgIpc) is 3.21. The van der Waals surface area contributed by atoms with Crippen LogP contribution in [0.4, 0.5) is 0 Å². The van der Waals surface area contributed by atoms with Crippen LogP contribution >= 0.6 is 0 Å². The van der Waals surface area contributed by atoms with Crippen LogP contribution in [0.5, 0.6) is 0 Å². The number of aryl methyl sites for hydroxylation is 1. The van der Waals surface area contributed by atoms with Gasteiger partial charge in [0.25, 0.3) is 0 Å². The zero-order valence-corrected chi connectivity index (χ0v) is 16.0. The zero-order chi connectivity index (χ0) is 19.8. The first-order valence-electron chi connectivity index (χ1n) is 9.11. The van der Waals surface area contributed by atoms with E-state index in [1.807, 2.05) is 36.4 Å². The molecule has 0 fully saturated rings. The van der Waals surface area contributed by atoms with Crippen LogP contribution in [0.3, 0.4) is 0 Å². The summed E-state index contributed by atoms with van der Waals surface area (Å²) in [7, 11) is 0. The van der Waals surface area contributed by atoms with E-state index in [-0.39, 0.29) is 0 Å². The standard InChI is InChI=1S/C21H17N3.C4H6/c1-16-12-14-18(15-13-16)21-23-22-20(17-8-4-2-5-9-17)24(21)19-10-6-3-7-11-19;1-3-4-2/h2-15H,1H3;3-4H,1-2H2. The van der Waals surface area contributed by atoms with Crippen LogP contribution in [0, 0.1) is 6.92 Å². The maximum atomic E-state index is 4.48. The molecule has 0 saturated heterocycles. The molecule has 3 nitrogen and oxygen atoms in total. The summed E-state index contributed by atoms with van der Waals surface area (Å²) in [6, 6.07) is 28.8. The predicted octanol–water partition coefficient (Wildman–Crippen LogP) is 6.27. The summed E-state index contributed by atoms with van der Waals surface area (Å²) in [4.78, 5) is 0. The van der Waals surface area contributed by atoms with E-state index in [2.05, 4.69) is 83.4 Å². The summed E-state index contributed by atoms with van der Waals surface area (Å²) in [5.74, 6) is 1.69. The van der Waals surface area contributed by atoms with E-state index in [4.69, 9.17) is 0 Å². The van der Waals surface area contributed by atoms with Crippen molar-refractivity contribution in [2.24, 2.45) is 0 Å². The molecule has 0 aliphatic heterocycles. The molecule has 4 rings (SSSR count). The van der Waals surface area contributed by atoms with E-state index in [9.17, 15) is 0 Å². The lowest BCUT2D eigenvalue weighted by molar-refractivity contribution is 1.07. The molecule has 0 amide bonds. The molecule has 1 heterocycles. The van der Waals surface area contributed by atoms with Crippen LogP contribution < -0.4 is 0 Å². The molecule has 0 radical (unpaired) electrons. The third-order valence-electron chi connectivity index (χ3n) is 4.19. The lowest BCUT2D eigenvalue weighted by atomic mass is 10.1. The summed E-state index contributed by atoms with van der Waals surface area (Å²) >= 11 is 0. The SMILES string of the molecule is C=CC=C.Cc1ccc(-c2nnc(-c3ccccc3)n2-c2ccccc2)cc1. The molecule has 3 heteroatoms. The Balaban J connectivity index is 0.000000516. The third kappa shape index (κ3) is 4.33. The number of hydrogen-bond acceptors (Lipinski definition) is 2. The van der Waals surface area contributed by atoms with Gasteiger partial charge >= 0.3 is 0 Å². The van der Waals surface area contributed by atoms with Crippen LogP contribution in [0.2, 0.25) is 0 Å². The molecule has 3 aromatic carbocycles. The van der Waals surface area contributed by atoms with Crippen molar-refractivity contribution in [1.82, 2.24) is 14.8 Å². The largest absolute Gasteiger partial charge is 0.275 e. The number of hydrogen-bond donors (Lipinski definition) is 0. The molecular formula is C25H23N3. The Labute approximate surface area is 166 Å². The molecule has 1 aromatic heterocycles. The van der Waals surface area contributed by atoms with Crippen molar-refractivity contribution < 1.29 is 0 Å². The minimum absolute atomic E-state index is 0.845. The maximum absolute atomic E-state index is 4.48. The Kier molecular flexibility index (Phi) is 6.32. The fraction of sp³-hybridized carbons (Fsp3) is 0.0400. The second kappa shape index (κ2) is 9.28. The summed E-state index contributed by atoms with van der Waals surface area (Å²) in [5, 5.41) is 8.96. The quantitative estimate of drug-likeness (QED) is 0.399. The summed E-state index contributed by atoms with van der Waals surface area (Å²) in [6.45, 7) is 8.81. The van der Waals surface area contributed by atoms with Crippen molar-refractivity contribution in [2.45, 2.75) is 6.92 Å². The first-order valence-corrected chi connectivity index (χ1v) is 9.11. The van der Waals surface area contributed by atoms with Gasteiger partial charge in [-0.05, 0) is 19.1 Å². The summed E-state index contributed by atoms with van der Waals surface area (Å²) < 4.78 is 2.11. The van der Waals surface area contributed by atoms with Gasteiger partial charge in [0.1, 0.15) is 0 Å². The minimum atomic E-state index is 0.845. The van der Waals surface area contributed by atoms with Crippen LogP contribution in [0.25, 0.3) is 28.5 Å². The average molecular weight is 365 g/mol. The van der Waals surface area contributed by atoms with E-state index in [0.29, 0.717) is 0 Å². The molecule has 0 spiro atoms. The molecule has 28 heavy (non-hydrogen) atoms. The highest BCUT2D eigenvalue weighted by molar-refractivity contribution is 5.66. The molecule has 0 unspecified atom stereocenters. The van der Waals surface area contributed by atoms with Crippen molar-refractivity contribution >= 4 is 0 Å². The lowest BCUT2D eigenvalue weighted by Gasteiger charge is -2.11. The summed E-state index contributed by atoms with van der Waals surface area (Å²) in [5.41, 5.74) is 4.39. The van der Waals surface area contributed by atoms with Crippen molar-refractivity contribution in [3.8, 4) is 28.5 Å². The van der Waals surface area contributed by atoms with Gasteiger partial charge in [0.2, 0.25) is 0 Å². The first kappa shape index (κ1) is 19.1. The highest BCUT2D eigenvalue weighted by Gasteiger charge is 2.16. The van der Waals surface area contributed by atoms with E-state index in [0.717, 1.165) is 28.5 Å². The van der Waals surface area contributed by atoms with Gasteiger partial charge in [-0.1, -0.05) is 104 Å². The number of nitrogens with zero attached hydrogens (tertiary/aromatic N) is 3. The van der Waals surface area contributed by atoms with Crippen LogP contribution in [-0.2, 0) is 0 Å². The molecule has 0 aliphatic carbocycles. The van der Waals surface area contributed by atoms with Gasteiger partial charge < -0.3 is 0 Å². The molecule has 0 bridgehead atoms. The fourth-order valence-electron chi connectivity index (χ4n) is 2.77. The van der Waals surface area contributed by atoms with Crippen LogP contribution in [0.15, 0.2) is 110 Å². The normalized spacial score (nSPS) is 9.89. The number of para-hydroxylation sites is 1. The highest BCUT2D eigenvalue weighted by Crippen LogP contribution is 2.28. The minimum Gasteiger partial charge on any atom is -0.275 e. The van der Waals surface area contributed by atoms with Gasteiger partial charge in [-0.3, -0.25) is 4.57 Å². The van der Waals surface area contributed by atoms with E-state index >= 15 is 0 Å². The van der Waals surface area contributed by atoms with Crippen molar-refractivity contribution in [3.05, 3.63) is 116 Å². The van der Waals surface area contributed by atoms with Gasteiger partial charge in [0, 0.05) is 16.8 Å². The van der Waals surface area contributed by atoms with Gasteiger partial charge in [-0.25, -0.2) is 0 Å². The predicted molar refractivity (Wildman–Crippen MR) is 117 cm³/mol. The van der Waals surface area contributed by atoms with Crippen molar-refractivity contribution in [2.75, 3.05) is 0 Å². The fourth-order valence-corrected chi connectivity index (χ4v) is 2.77. The Hall–Kier alpha value is -3.72. The Morgan fingerprint density at radius 3 is 1.61 bits per heavy atom. The van der Waals surface area contributed by atoms with Crippen molar-refractivity contribution in [1.29, 1.82) is 0 Å². The van der Waals surface area contributed by atoms with Crippen LogP contribution in [-0.4, -0.2) is 14.8 Å². The van der Waals surface area contributed by atoms with E-state index in [1.165, 1.54) is 5.56 Å². The number of rotatable bonds is 4. The van der Waals surface area contributed by atoms with Gasteiger partial charge in [0.05, 0.1) is 0 Å². The molecule has 138 valence electrons. The summed E-state index contributed by atoms with van der Waals surface area (Å²) in [6.07, 6.45) is 3.28. The number of benzene rings is 3. The number of allylic oxidation sites excluding steroid dienone is 2. The van der Waals surface area contributed by atoms with Gasteiger partial charge in [-0.2, -0.15) is 0 Å². The Morgan fingerprint density at radius 1 is 0.643 bits per heavy atom. The van der Waals surface area contributed by atoms with Crippen LogP contribution in [0.1, 0.15) is 5.56 Å². The number of aromatic nitrogens is 3. The highest BCUT2D eigenvalue weighted by atomic mass is 15.3. The molecular weight excluding hydrogens is 342 g/mol. The lowest BCUT2D eigenvalue weighted by Crippen LogP contribution is -2.00. The molecule has 0 aliphatic rings. The van der Waals surface area contributed by atoms with E-state index in [1.54, 1.807) is 12.2 Å². The second-order valence-electron chi connectivity index (χ2n) is 6.22. The Morgan fingerprint density at radius 2 is 1.11 bits per heavy atom. The zero-order valence-electron chi connectivity index (χ0n) is 16.0. The van der Waals surface area contributed by atoms with Gasteiger partial charge in [0.15, 0.2) is 11.6 Å². The smallest absolute Gasteiger partial charge is 0.168 e. The monoisotopic (exact) mass is 365 g/mol. The Bertz CT molecular complexity index is 1020. The van der Waals surface area contributed by atoms with E-state index < -0.39 is 0 Å².